The normalized spacial score (nSPS) is 18.1. The van der Waals surface area contributed by atoms with E-state index in [0.717, 1.165) is 17.7 Å². The van der Waals surface area contributed by atoms with E-state index in [1.54, 1.807) is 16.3 Å². The Labute approximate surface area is 131 Å². The number of hydrogen-bond donors (Lipinski definition) is 1. The highest BCUT2D eigenvalue weighted by Crippen LogP contribution is 2.35. The van der Waals surface area contributed by atoms with E-state index in [0.29, 0.717) is 5.02 Å². The van der Waals surface area contributed by atoms with Crippen molar-refractivity contribution in [2.75, 3.05) is 0 Å². The van der Waals surface area contributed by atoms with Gasteiger partial charge in [0.15, 0.2) is 5.11 Å². The highest BCUT2D eigenvalue weighted by molar-refractivity contribution is 7.80. The van der Waals surface area contributed by atoms with Crippen LogP contribution in [0.2, 0.25) is 5.02 Å². The largest absolute Gasteiger partial charge is 0.375 e. The fraction of sp³-hybridized carbons (Fsp3) is 0.143. The minimum atomic E-state index is 0.0683. The summed E-state index contributed by atoms with van der Waals surface area (Å²) in [6, 6.07) is 11.9. The number of thiophene rings is 1. The lowest BCUT2D eigenvalue weighted by molar-refractivity contribution is 0.378. The molecule has 1 atom stereocenters. The van der Waals surface area contributed by atoms with Crippen LogP contribution >= 0.6 is 35.2 Å². The summed E-state index contributed by atoms with van der Waals surface area (Å²) in [7, 11) is 0. The molecule has 1 aromatic heterocycles. The summed E-state index contributed by atoms with van der Waals surface area (Å²) in [5, 5.41) is 9.29. The molecule has 1 unspecified atom stereocenters. The van der Waals surface area contributed by atoms with Gasteiger partial charge in [-0.15, -0.1) is 11.3 Å². The van der Waals surface area contributed by atoms with Crippen molar-refractivity contribution in [2.24, 2.45) is 10.8 Å². The first-order chi connectivity index (χ1) is 9.66. The van der Waals surface area contributed by atoms with Crippen molar-refractivity contribution < 1.29 is 0 Å². The lowest BCUT2D eigenvalue weighted by Crippen LogP contribution is -2.31. The summed E-state index contributed by atoms with van der Waals surface area (Å²) < 4.78 is 0. The molecule has 2 heterocycles. The third-order valence-corrected chi connectivity index (χ3v) is 4.68. The maximum Gasteiger partial charge on any atom is 0.187 e. The number of nitrogens with two attached hydrogens (primary N) is 1. The topological polar surface area (TPSA) is 41.6 Å². The van der Waals surface area contributed by atoms with Crippen molar-refractivity contribution in [3.8, 4) is 0 Å². The second kappa shape index (κ2) is 5.52. The van der Waals surface area contributed by atoms with Gasteiger partial charge >= 0.3 is 0 Å². The van der Waals surface area contributed by atoms with E-state index in [1.807, 2.05) is 35.7 Å². The number of halogens is 1. The van der Waals surface area contributed by atoms with E-state index >= 15 is 0 Å². The van der Waals surface area contributed by atoms with Gasteiger partial charge in [-0.1, -0.05) is 35.9 Å². The van der Waals surface area contributed by atoms with Crippen molar-refractivity contribution in [3.63, 3.8) is 0 Å². The van der Waals surface area contributed by atoms with Crippen molar-refractivity contribution in [1.82, 2.24) is 5.01 Å². The molecule has 0 saturated carbocycles. The molecule has 2 aromatic rings. The van der Waals surface area contributed by atoms with Crippen molar-refractivity contribution in [2.45, 2.75) is 12.5 Å². The molecule has 3 nitrogen and oxygen atoms in total. The van der Waals surface area contributed by atoms with Crippen LogP contribution in [0.3, 0.4) is 0 Å². The van der Waals surface area contributed by atoms with E-state index in [-0.39, 0.29) is 11.2 Å². The standard InChI is InChI=1S/C14H12ClN3S2/c15-10-5-2-1-4-9(10)11-8-12(13-6-3-7-20-13)18(17-11)14(16)19/h1-7,12H,8H2,(H2,16,19). The molecule has 0 amide bonds. The Balaban J connectivity index is 1.97. The second-order valence-electron chi connectivity index (χ2n) is 4.44. The zero-order chi connectivity index (χ0) is 14.1. The molecule has 6 heteroatoms. The number of hydrazone groups is 1. The van der Waals surface area contributed by atoms with E-state index < -0.39 is 0 Å². The Hall–Kier alpha value is -1.43. The SMILES string of the molecule is NC(=S)N1N=C(c2ccccc2Cl)CC1c1cccs1. The van der Waals surface area contributed by atoms with Gasteiger partial charge in [-0.3, -0.25) is 0 Å². The molecule has 20 heavy (non-hydrogen) atoms. The van der Waals surface area contributed by atoms with Gasteiger partial charge in [0, 0.05) is 21.9 Å². The number of rotatable bonds is 2. The summed E-state index contributed by atoms with van der Waals surface area (Å²) in [4.78, 5) is 1.20. The zero-order valence-electron chi connectivity index (χ0n) is 10.5. The number of nitrogens with zero attached hydrogens (tertiary/aromatic N) is 2. The molecule has 3 rings (SSSR count). The summed E-state index contributed by atoms with van der Waals surface area (Å²) >= 11 is 13.0. The third-order valence-electron chi connectivity index (χ3n) is 3.19. The van der Waals surface area contributed by atoms with Crippen LogP contribution in [0.4, 0.5) is 0 Å². The van der Waals surface area contributed by atoms with Crippen LogP contribution in [0.15, 0.2) is 46.9 Å². The zero-order valence-corrected chi connectivity index (χ0v) is 12.9. The first-order valence-corrected chi connectivity index (χ1v) is 7.78. The van der Waals surface area contributed by atoms with Gasteiger partial charge in [0.05, 0.1) is 11.8 Å². The molecule has 102 valence electrons. The fourth-order valence-electron chi connectivity index (χ4n) is 2.27. The van der Waals surface area contributed by atoms with Crippen LogP contribution in [0.5, 0.6) is 0 Å². The monoisotopic (exact) mass is 321 g/mol. The molecule has 1 aliphatic heterocycles. The average molecular weight is 322 g/mol. The van der Waals surface area contributed by atoms with Gasteiger partial charge in [-0.25, -0.2) is 5.01 Å². The van der Waals surface area contributed by atoms with Crippen molar-refractivity contribution >= 4 is 46.0 Å². The molecular weight excluding hydrogens is 310 g/mol. The molecule has 1 aliphatic rings. The van der Waals surface area contributed by atoms with E-state index in [9.17, 15) is 0 Å². The number of hydrogen-bond acceptors (Lipinski definition) is 3. The predicted octanol–water partition coefficient (Wildman–Crippen LogP) is 3.80. The van der Waals surface area contributed by atoms with Gasteiger partial charge in [0.25, 0.3) is 0 Å². The number of benzene rings is 1. The van der Waals surface area contributed by atoms with Gasteiger partial charge in [-0.2, -0.15) is 5.10 Å². The van der Waals surface area contributed by atoms with Crippen LogP contribution in [-0.2, 0) is 0 Å². The molecule has 2 N–H and O–H groups in total. The average Bonchev–Trinajstić information content (AvgIpc) is 3.08. The predicted molar refractivity (Wildman–Crippen MR) is 88.3 cm³/mol. The molecule has 0 bridgehead atoms. The summed E-state index contributed by atoms with van der Waals surface area (Å²) in [6.07, 6.45) is 0.752. The Morgan fingerprint density at radius 3 is 2.80 bits per heavy atom. The Morgan fingerprint density at radius 1 is 1.35 bits per heavy atom. The lowest BCUT2D eigenvalue weighted by Gasteiger charge is -2.20. The van der Waals surface area contributed by atoms with Crippen molar-refractivity contribution in [1.29, 1.82) is 0 Å². The van der Waals surface area contributed by atoms with Crippen LogP contribution in [-0.4, -0.2) is 15.8 Å². The van der Waals surface area contributed by atoms with E-state index in [2.05, 4.69) is 11.2 Å². The summed E-state index contributed by atoms with van der Waals surface area (Å²) in [6.45, 7) is 0. The first-order valence-electron chi connectivity index (χ1n) is 6.11. The lowest BCUT2D eigenvalue weighted by atomic mass is 10.0. The highest BCUT2D eigenvalue weighted by Gasteiger charge is 2.31. The molecule has 0 radical (unpaired) electrons. The van der Waals surface area contributed by atoms with Crippen LogP contribution in [0.1, 0.15) is 22.9 Å². The maximum absolute atomic E-state index is 6.24. The Morgan fingerprint density at radius 2 is 2.15 bits per heavy atom. The van der Waals surface area contributed by atoms with Gasteiger partial charge in [0.2, 0.25) is 0 Å². The quantitative estimate of drug-likeness (QED) is 0.855. The van der Waals surface area contributed by atoms with Gasteiger partial charge < -0.3 is 5.73 Å². The second-order valence-corrected chi connectivity index (χ2v) is 6.25. The van der Waals surface area contributed by atoms with Crippen LogP contribution in [0, 0.1) is 0 Å². The number of thiocarbonyl (C=S) groups is 1. The molecule has 0 aliphatic carbocycles. The fourth-order valence-corrected chi connectivity index (χ4v) is 3.50. The first kappa shape index (κ1) is 13.5. The highest BCUT2D eigenvalue weighted by atomic mass is 35.5. The molecule has 1 aromatic carbocycles. The summed E-state index contributed by atoms with van der Waals surface area (Å²) in [5.74, 6) is 0. The van der Waals surface area contributed by atoms with E-state index in [1.165, 1.54) is 4.88 Å². The van der Waals surface area contributed by atoms with Crippen molar-refractivity contribution in [3.05, 3.63) is 57.2 Å². The third kappa shape index (κ3) is 2.44. The molecule has 0 saturated heterocycles. The maximum atomic E-state index is 6.24. The van der Waals surface area contributed by atoms with Gasteiger partial charge in [-0.05, 0) is 29.7 Å². The van der Waals surface area contributed by atoms with Crippen LogP contribution < -0.4 is 5.73 Å². The molecule has 0 spiro atoms. The van der Waals surface area contributed by atoms with E-state index in [4.69, 9.17) is 29.6 Å². The Bertz CT molecular complexity index is 667. The minimum absolute atomic E-state index is 0.0683. The summed E-state index contributed by atoms with van der Waals surface area (Å²) in [5.41, 5.74) is 7.65. The van der Waals surface area contributed by atoms with Crippen LogP contribution in [0.25, 0.3) is 0 Å². The molecule has 0 fully saturated rings. The smallest absolute Gasteiger partial charge is 0.187 e. The van der Waals surface area contributed by atoms with Gasteiger partial charge in [0.1, 0.15) is 0 Å². The Kier molecular flexibility index (Phi) is 3.74. The minimum Gasteiger partial charge on any atom is -0.375 e. The molecular formula is C14H12ClN3S2.